The monoisotopic (exact) mass is 378 g/mol. The number of rotatable bonds is 5. The quantitative estimate of drug-likeness (QED) is 0.608. The van der Waals surface area contributed by atoms with E-state index in [-0.39, 0.29) is 11.0 Å². The summed E-state index contributed by atoms with van der Waals surface area (Å²) < 4.78 is 11.9. The summed E-state index contributed by atoms with van der Waals surface area (Å²) in [4.78, 5) is 10.9. The first-order chi connectivity index (χ1) is 13.5. The Kier molecular flexibility index (Phi) is 6.38. The molecule has 28 heavy (non-hydrogen) atoms. The Morgan fingerprint density at radius 3 is 2.61 bits per heavy atom. The molecule has 4 nitrogen and oxygen atoms in total. The van der Waals surface area contributed by atoms with Crippen LogP contribution in [0.2, 0.25) is 0 Å². The summed E-state index contributed by atoms with van der Waals surface area (Å²) in [7, 11) is 0. The van der Waals surface area contributed by atoms with Crippen molar-refractivity contribution in [2.45, 2.75) is 38.5 Å². The van der Waals surface area contributed by atoms with Gasteiger partial charge < -0.3 is 14.6 Å². The molecule has 1 N–H and O–H groups in total. The second-order valence-electron chi connectivity index (χ2n) is 7.41. The summed E-state index contributed by atoms with van der Waals surface area (Å²) in [6.07, 6.45) is 3.05. The van der Waals surface area contributed by atoms with Crippen LogP contribution >= 0.6 is 0 Å². The molecule has 0 amide bonds. The Labute approximate surface area is 166 Å². The van der Waals surface area contributed by atoms with Gasteiger partial charge in [0, 0.05) is 28.7 Å². The van der Waals surface area contributed by atoms with E-state index in [2.05, 4.69) is 31.8 Å². The first-order valence-corrected chi connectivity index (χ1v) is 9.72. The van der Waals surface area contributed by atoms with E-state index in [1.807, 2.05) is 12.1 Å². The molecule has 0 saturated carbocycles. The van der Waals surface area contributed by atoms with Crippen molar-refractivity contribution in [2.24, 2.45) is 0 Å². The van der Waals surface area contributed by atoms with Crippen LogP contribution in [0.15, 0.2) is 42.5 Å². The SMILES string of the molecule is CCCOCC1(C)CCCOc2cc(C#Cc3ccc(C(=O)O)cc3)ccc21. The van der Waals surface area contributed by atoms with Crippen LogP contribution < -0.4 is 4.74 Å². The number of carboxylic acids is 1. The van der Waals surface area contributed by atoms with E-state index in [1.165, 1.54) is 5.56 Å². The smallest absolute Gasteiger partial charge is 0.335 e. The van der Waals surface area contributed by atoms with Crippen molar-refractivity contribution in [3.05, 3.63) is 64.7 Å². The van der Waals surface area contributed by atoms with Crippen LogP contribution in [0, 0.1) is 11.8 Å². The van der Waals surface area contributed by atoms with Crippen molar-refractivity contribution >= 4 is 5.97 Å². The highest BCUT2D eigenvalue weighted by Crippen LogP contribution is 2.39. The summed E-state index contributed by atoms with van der Waals surface area (Å²) in [5.74, 6) is 6.19. The lowest BCUT2D eigenvalue weighted by Gasteiger charge is -2.29. The molecule has 0 aromatic heterocycles. The van der Waals surface area contributed by atoms with Crippen molar-refractivity contribution in [3.63, 3.8) is 0 Å². The van der Waals surface area contributed by atoms with Crippen LogP contribution in [0.3, 0.4) is 0 Å². The zero-order valence-corrected chi connectivity index (χ0v) is 16.5. The van der Waals surface area contributed by atoms with E-state index >= 15 is 0 Å². The van der Waals surface area contributed by atoms with Gasteiger partial charge in [-0.05, 0) is 55.7 Å². The van der Waals surface area contributed by atoms with Crippen LogP contribution in [0.25, 0.3) is 0 Å². The molecule has 4 heteroatoms. The minimum Gasteiger partial charge on any atom is -0.493 e. The molecule has 0 spiro atoms. The molecular formula is C24H26O4. The highest BCUT2D eigenvalue weighted by molar-refractivity contribution is 5.87. The lowest BCUT2D eigenvalue weighted by Crippen LogP contribution is -2.28. The van der Waals surface area contributed by atoms with Crippen LogP contribution in [0.5, 0.6) is 5.75 Å². The second kappa shape index (κ2) is 8.95. The maximum atomic E-state index is 10.9. The normalized spacial score (nSPS) is 18.2. The van der Waals surface area contributed by atoms with Gasteiger partial charge >= 0.3 is 5.97 Å². The lowest BCUT2D eigenvalue weighted by molar-refractivity contribution is 0.0697. The Morgan fingerprint density at radius 1 is 1.18 bits per heavy atom. The molecule has 0 bridgehead atoms. The Morgan fingerprint density at radius 2 is 1.89 bits per heavy atom. The van der Waals surface area contributed by atoms with Gasteiger partial charge in [-0.25, -0.2) is 4.79 Å². The standard InChI is InChI=1S/C24H26O4/c1-3-14-27-17-24(2)13-4-15-28-22-16-19(9-12-21(22)24)6-5-18-7-10-20(11-8-18)23(25)26/h7-12,16H,3-4,13-15,17H2,1-2H3,(H,25,26). The van der Waals surface area contributed by atoms with Crippen molar-refractivity contribution in [1.29, 1.82) is 0 Å². The van der Waals surface area contributed by atoms with E-state index < -0.39 is 5.97 Å². The minimum atomic E-state index is -0.937. The fraction of sp³-hybridized carbons (Fsp3) is 0.375. The molecule has 0 radical (unpaired) electrons. The van der Waals surface area contributed by atoms with Crippen LogP contribution in [0.4, 0.5) is 0 Å². The average molecular weight is 378 g/mol. The molecular weight excluding hydrogens is 352 g/mol. The summed E-state index contributed by atoms with van der Waals surface area (Å²) in [5, 5.41) is 8.97. The zero-order chi connectivity index (χ0) is 20.0. The number of aromatic carboxylic acids is 1. The fourth-order valence-corrected chi connectivity index (χ4v) is 3.43. The predicted octanol–water partition coefficient (Wildman–Crippen LogP) is 4.64. The number of fused-ring (bicyclic) bond motifs is 1. The Bertz CT molecular complexity index is 889. The zero-order valence-electron chi connectivity index (χ0n) is 16.5. The van der Waals surface area contributed by atoms with E-state index in [1.54, 1.807) is 24.3 Å². The summed E-state index contributed by atoms with van der Waals surface area (Å²) in [6.45, 7) is 6.52. The first-order valence-electron chi connectivity index (χ1n) is 9.72. The molecule has 1 atom stereocenters. The molecule has 0 saturated heterocycles. The van der Waals surface area contributed by atoms with Crippen molar-refractivity contribution < 1.29 is 19.4 Å². The molecule has 1 unspecified atom stereocenters. The summed E-state index contributed by atoms with van der Waals surface area (Å²) in [6, 6.07) is 12.7. The van der Waals surface area contributed by atoms with E-state index in [0.717, 1.165) is 42.7 Å². The minimum absolute atomic E-state index is 0.0559. The largest absolute Gasteiger partial charge is 0.493 e. The number of carboxylic acid groups (broad SMARTS) is 1. The van der Waals surface area contributed by atoms with Crippen LogP contribution in [0.1, 0.15) is 60.2 Å². The van der Waals surface area contributed by atoms with E-state index in [9.17, 15) is 4.79 Å². The molecule has 3 rings (SSSR count). The van der Waals surface area contributed by atoms with Gasteiger partial charge in [0.05, 0.1) is 18.8 Å². The highest BCUT2D eigenvalue weighted by Gasteiger charge is 2.32. The number of hydrogen-bond donors (Lipinski definition) is 1. The maximum absolute atomic E-state index is 10.9. The van der Waals surface area contributed by atoms with Crippen molar-refractivity contribution in [3.8, 4) is 17.6 Å². The van der Waals surface area contributed by atoms with Crippen molar-refractivity contribution in [2.75, 3.05) is 19.8 Å². The molecule has 146 valence electrons. The molecule has 1 aliphatic rings. The van der Waals surface area contributed by atoms with Gasteiger partial charge in [-0.3, -0.25) is 0 Å². The number of carbonyl (C=O) groups is 1. The number of hydrogen-bond acceptors (Lipinski definition) is 3. The molecule has 0 aliphatic carbocycles. The topological polar surface area (TPSA) is 55.8 Å². The van der Waals surface area contributed by atoms with Crippen LogP contribution in [-0.2, 0) is 10.2 Å². The van der Waals surface area contributed by atoms with Gasteiger partial charge in [0.15, 0.2) is 0 Å². The number of benzene rings is 2. The fourth-order valence-electron chi connectivity index (χ4n) is 3.43. The summed E-state index contributed by atoms with van der Waals surface area (Å²) in [5.41, 5.74) is 3.03. The third kappa shape index (κ3) is 4.74. The van der Waals surface area contributed by atoms with E-state index in [0.29, 0.717) is 13.2 Å². The molecule has 2 aromatic rings. The van der Waals surface area contributed by atoms with Gasteiger partial charge in [-0.2, -0.15) is 0 Å². The Hall–Kier alpha value is -2.77. The van der Waals surface area contributed by atoms with Crippen LogP contribution in [-0.4, -0.2) is 30.9 Å². The molecule has 2 aromatic carbocycles. The van der Waals surface area contributed by atoms with E-state index in [4.69, 9.17) is 14.6 Å². The highest BCUT2D eigenvalue weighted by atomic mass is 16.5. The average Bonchev–Trinajstić information content (AvgIpc) is 2.86. The number of ether oxygens (including phenoxy) is 2. The molecule has 1 heterocycles. The molecule has 1 aliphatic heterocycles. The molecule has 0 fully saturated rings. The maximum Gasteiger partial charge on any atom is 0.335 e. The first kappa shape index (κ1) is 20.0. The van der Waals surface area contributed by atoms with Gasteiger partial charge in [0.1, 0.15) is 5.75 Å². The third-order valence-electron chi connectivity index (χ3n) is 5.01. The predicted molar refractivity (Wildman–Crippen MR) is 109 cm³/mol. The third-order valence-corrected chi connectivity index (χ3v) is 5.01. The Balaban J connectivity index is 1.82. The van der Waals surface area contributed by atoms with Gasteiger partial charge in [-0.15, -0.1) is 0 Å². The van der Waals surface area contributed by atoms with Gasteiger partial charge in [-0.1, -0.05) is 31.8 Å². The van der Waals surface area contributed by atoms with Gasteiger partial charge in [0.2, 0.25) is 0 Å². The van der Waals surface area contributed by atoms with Gasteiger partial charge in [0.25, 0.3) is 0 Å². The lowest BCUT2D eigenvalue weighted by atomic mass is 9.79. The second-order valence-corrected chi connectivity index (χ2v) is 7.41. The van der Waals surface area contributed by atoms with Crippen molar-refractivity contribution in [1.82, 2.24) is 0 Å². The summed E-state index contributed by atoms with van der Waals surface area (Å²) >= 11 is 0.